The average Bonchev–Trinajstić information content (AvgIpc) is 3.00. The zero-order chi connectivity index (χ0) is 11.8. The Labute approximate surface area is 93.8 Å². The van der Waals surface area contributed by atoms with Gasteiger partial charge < -0.3 is 5.11 Å². The molecule has 0 radical (unpaired) electrons. The first-order valence-corrected chi connectivity index (χ1v) is 6.81. The van der Waals surface area contributed by atoms with Gasteiger partial charge in [0.15, 0.2) is 9.84 Å². The van der Waals surface area contributed by atoms with Crippen LogP contribution in [-0.2, 0) is 9.84 Å². The van der Waals surface area contributed by atoms with E-state index in [4.69, 9.17) is 0 Å². The molecule has 0 aromatic heterocycles. The summed E-state index contributed by atoms with van der Waals surface area (Å²) in [4.78, 5) is 0.0635. The van der Waals surface area contributed by atoms with E-state index in [0.717, 1.165) is 25.0 Å². The number of rotatable bonds is 4. The van der Waals surface area contributed by atoms with Crippen LogP contribution in [0.25, 0.3) is 0 Å². The highest BCUT2D eigenvalue weighted by atomic mass is 32.2. The van der Waals surface area contributed by atoms with Crippen molar-refractivity contribution in [3.63, 3.8) is 0 Å². The van der Waals surface area contributed by atoms with Gasteiger partial charge in [0.2, 0.25) is 0 Å². The molecule has 16 heavy (non-hydrogen) atoms. The average molecular weight is 244 g/mol. The smallest absolute Gasteiger partial charge is 0.180 e. The molecule has 0 spiro atoms. The summed E-state index contributed by atoms with van der Waals surface area (Å²) in [6.07, 6.45) is 0.982. The molecule has 0 aliphatic heterocycles. The van der Waals surface area contributed by atoms with Crippen molar-refractivity contribution < 1.29 is 17.9 Å². The van der Waals surface area contributed by atoms with Crippen molar-refractivity contribution in [3.8, 4) is 0 Å². The zero-order valence-electron chi connectivity index (χ0n) is 8.64. The van der Waals surface area contributed by atoms with Crippen molar-refractivity contribution in [2.24, 2.45) is 5.92 Å². The molecular weight excluding hydrogens is 231 g/mol. The van der Waals surface area contributed by atoms with E-state index in [0.29, 0.717) is 0 Å². The van der Waals surface area contributed by atoms with Crippen LogP contribution in [0, 0.1) is 11.7 Å². The monoisotopic (exact) mass is 244 g/mol. The SMILES string of the molecule is O=S(=O)(CC(O)C1CC1)c1ccc(F)cc1. The Morgan fingerprint density at radius 1 is 1.31 bits per heavy atom. The molecule has 0 bridgehead atoms. The van der Waals surface area contributed by atoms with E-state index in [1.165, 1.54) is 12.1 Å². The van der Waals surface area contributed by atoms with Gasteiger partial charge in [-0.05, 0) is 43.0 Å². The predicted octanol–water partition coefficient (Wildman–Crippen LogP) is 1.37. The summed E-state index contributed by atoms with van der Waals surface area (Å²) < 4.78 is 36.2. The molecule has 0 amide bonds. The van der Waals surface area contributed by atoms with Gasteiger partial charge in [-0.1, -0.05) is 0 Å². The first kappa shape index (κ1) is 11.5. The second kappa shape index (κ2) is 4.14. The fourth-order valence-corrected chi connectivity index (χ4v) is 3.05. The van der Waals surface area contributed by atoms with Crippen molar-refractivity contribution in [2.75, 3.05) is 5.75 Å². The van der Waals surface area contributed by atoms with E-state index in [-0.39, 0.29) is 16.6 Å². The topological polar surface area (TPSA) is 54.4 Å². The highest BCUT2D eigenvalue weighted by Crippen LogP contribution is 2.33. The number of aliphatic hydroxyl groups is 1. The summed E-state index contributed by atoms with van der Waals surface area (Å²) in [6, 6.07) is 4.67. The molecule has 1 unspecified atom stereocenters. The highest BCUT2D eigenvalue weighted by Gasteiger charge is 2.33. The van der Waals surface area contributed by atoms with Crippen molar-refractivity contribution in [3.05, 3.63) is 30.1 Å². The Balaban J connectivity index is 2.14. The molecule has 0 heterocycles. The van der Waals surface area contributed by atoms with Crippen LogP contribution in [0.5, 0.6) is 0 Å². The number of aliphatic hydroxyl groups excluding tert-OH is 1. The number of hydrogen-bond acceptors (Lipinski definition) is 3. The Bertz CT molecular complexity index is 463. The standard InChI is InChI=1S/C11H13FO3S/c12-9-3-5-10(6-4-9)16(14,15)7-11(13)8-1-2-8/h3-6,8,11,13H,1-2,7H2. The van der Waals surface area contributed by atoms with Gasteiger partial charge in [-0.25, -0.2) is 12.8 Å². The van der Waals surface area contributed by atoms with Crippen LogP contribution in [0.1, 0.15) is 12.8 Å². The number of benzene rings is 1. The fraction of sp³-hybridized carbons (Fsp3) is 0.455. The van der Waals surface area contributed by atoms with E-state index in [9.17, 15) is 17.9 Å². The molecule has 1 aliphatic rings. The van der Waals surface area contributed by atoms with Gasteiger partial charge in [-0.15, -0.1) is 0 Å². The molecule has 3 nitrogen and oxygen atoms in total. The summed E-state index contributed by atoms with van der Waals surface area (Å²) in [5.74, 6) is -0.625. The van der Waals surface area contributed by atoms with Crippen LogP contribution in [0.3, 0.4) is 0 Å². The lowest BCUT2D eigenvalue weighted by molar-refractivity contribution is 0.174. The minimum absolute atomic E-state index is 0.0635. The van der Waals surface area contributed by atoms with Crippen molar-refractivity contribution in [1.29, 1.82) is 0 Å². The zero-order valence-corrected chi connectivity index (χ0v) is 9.45. The quantitative estimate of drug-likeness (QED) is 0.814. The molecule has 5 heteroatoms. The van der Waals surface area contributed by atoms with E-state index < -0.39 is 21.8 Å². The van der Waals surface area contributed by atoms with Crippen LogP contribution in [0.4, 0.5) is 4.39 Å². The maximum absolute atomic E-state index is 12.6. The maximum Gasteiger partial charge on any atom is 0.180 e. The normalized spacial score (nSPS) is 18.4. The van der Waals surface area contributed by atoms with E-state index in [1.807, 2.05) is 0 Å². The molecule has 88 valence electrons. The lowest BCUT2D eigenvalue weighted by Crippen LogP contribution is -2.22. The van der Waals surface area contributed by atoms with Gasteiger partial charge in [-0.2, -0.15) is 0 Å². The maximum atomic E-state index is 12.6. The molecule has 0 saturated heterocycles. The third-order valence-electron chi connectivity index (χ3n) is 2.73. The Morgan fingerprint density at radius 3 is 2.38 bits per heavy atom. The van der Waals surface area contributed by atoms with Crippen molar-refractivity contribution in [2.45, 2.75) is 23.8 Å². The van der Waals surface area contributed by atoms with Crippen LogP contribution < -0.4 is 0 Å². The highest BCUT2D eigenvalue weighted by molar-refractivity contribution is 7.91. The third-order valence-corrected chi connectivity index (χ3v) is 4.50. The van der Waals surface area contributed by atoms with Crippen LogP contribution in [0.2, 0.25) is 0 Å². The van der Waals surface area contributed by atoms with Crippen LogP contribution >= 0.6 is 0 Å². The lowest BCUT2D eigenvalue weighted by Gasteiger charge is -2.09. The fourth-order valence-electron chi connectivity index (χ4n) is 1.58. The molecule has 1 aromatic carbocycles. The first-order valence-electron chi connectivity index (χ1n) is 5.15. The number of halogens is 1. The first-order chi connectivity index (χ1) is 7.49. The minimum Gasteiger partial charge on any atom is -0.392 e. The third kappa shape index (κ3) is 2.59. The van der Waals surface area contributed by atoms with Crippen molar-refractivity contribution in [1.82, 2.24) is 0 Å². The molecule has 1 aromatic rings. The van der Waals surface area contributed by atoms with Gasteiger partial charge in [0.05, 0.1) is 16.8 Å². The number of sulfone groups is 1. The summed E-state index contributed by atoms with van der Waals surface area (Å²) in [5, 5.41) is 9.59. The molecular formula is C11H13FO3S. The van der Waals surface area contributed by atoms with E-state index in [1.54, 1.807) is 0 Å². The molecule has 1 atom stereocenters. The van der Waals surface area contributed by atoms with Gasteiger partial charge in [0.1, 0.15) is 5.82 Å². The summed E-state index contributed by atoms with van der Waals surface area (Å²) in [7, 11) is -3.50. The molecule has 1 N–H and O–H groups in total. The van der Waals surface area contributed by atoms with Crippen LogP contribution in [0.15, 0.2) is 29.2 Å². The molecule has 1 saturated carbocycles. The second-order valence-corrected chi connectivity index (χ2v) is 6.17. The Morgan fingerprint density at radius 2 is 1.88 bits per heavy atom. The minimum atomic E-state index is -3.50. The van der Waals surface area contributed by atoms with Gasteiger partial charge in [0.25, 0.3) is 0 Å². The predicted molar refractivity (Wildman–Crippen MR) is 57.2 cm³/mol. The Kier molecular flexibility index (Phi) is 2.99. The molecule has 1 aliphatic carbocycles. The number of hydrogen-bond donors (Lipinski definition) is 1. The Hall–Kier alpha value is -0.940. The van der Waals surface area contributed by atoms with Gasteiger partial charge in [0, 0.05) is 0 Å². The summed E-state index contributed by atoms with van der Waals surface area (Å²) in [5.41, 5.74) is 0. The largest absolute Gasteiger partial charge is 0.392 e. The van der Waals surface area contributed by atoms with E-state index in [2.05, 4.69) is 0 Å². The molecule has 1 fully saturated rings. The van der Waals surface area contributed by atoms with Crippen LogP contribution in [-0.4, -0.2) is 25.4 Å². The molecule has 2 rings (SSSR count). The lowest BCUT2D eigenvalue weighted by atomic mass is 10.3. The second-order valence-electron chi connectivity index (χ2n) is 4.14. The van der Waals surface area contributed by atoms with E-state index >= 15 is 0 Å². The van der Waals surface area contributed by atoms with Gasteiger partial charge in [-0.3, -0.25) is 0 Å². The van der Waals surface area contributed by atoms with Crippen molar-refractivity contribution >= 4 is 9.84 Å². The summed E-state index contributed by atoms with van der Waals surface area (Å²) >= 11 is 0. The van der Waals surface area contributed by atoms with Gasteiger partial charge >= 0.3 is 0 Å². The summed E-state index contributed by atoms with van der Waals surface area (Å²) in [6.45, 7) is 0.